The molecule has 1 fully saturated rings. The molecule has 1 saturated carbocycles. The highest BCUT2D eigenvalue weighted by atomic mass is 15.1. The Balaban J connectivity index is 1.99. The topological polar surface area (TPSA) is 77.3 Å². The first-order valence-corrected chi connectivity index (χ1v) is 8.90. The van der Waals surface area contributed by atoms with Crippen molar-refractivity contribution in [2.45, 2.75) is 38.6 Å². The number of rotatable bonds is 4. The highest BCUT2D eigenvalue weighted by Crippen LogP contribution is 2.29. The third kappa shape index (κ3) is 4.34. The van der Waals surface area contributed by atoms with E-state index < -0.39 is 0 Å². The van der Waals surface area contributed by atoms with Gasteiger partial charge in [-0.15, -0.1) is 0 Å². The summed E-state index contributed by atoms with van der Waals surface area (Å²) in [6, 6.07) is 12.7. The van der Waals surface area contributed by atoms with Gasteiger partial charge in [0.25, 0.3) is 0 Å². The van der Waals surface area contributed by atoms with Crippen LogP contribution < -0.4 is 11.6 Å². The molecule has 4 heteroatoms. The van der Waals surface area contributed by atoms with Crippen molar-refractivity contribution in [3.8, 4) is 0 Å². The molecule has 0 spiro atoms. The van der Waals surface area contributed by atoms with Gasteiger partial charge in [0.15, 0.2) is 0 Å². The Hall–Kier alpha value is -2.46. The van der Waals surface area contributed by atoms with Gasteiger partial charge in [0.1, 0.15) is 0 Å². The monoisotopic (exact) mass is 334 g/mol. The Labute approximate surface area is 149 Å². The molecule has 0 unspecified atom stereocenters. The second-order valence-electron chi connectivity index (χ2n) is 6.83. The molecule has 1 aromatic carbocycles. The molecule has 0 saturated heterocycles. The molecule has 0 atom stereocenters. The summed E-state index contributed by atoms with van der Waals surface area (Å²) in [4.78, 5) is 4.14. The molecule has 25 heavy (non-hydrogen) atoms. The zero-order chi connectivity index (χ0) is 17.6. The third-order valence-electron chi connectivity index (χ3n) is 4.92. The number of allylic oxidation sites excluding steroid dienone is 2. The van der Waals surface area contributed by atoms with Crippen molar-refractivity contribution in [3.63, 3.8) is 0 Å². The first kappa shape index (κ1) is 17.4. The molecular formula is C21H26N4. The SMILES string of the molecule is Cc1ccc(C(=N/N)/C(=C/C2CCC(N)CC2)c2ccncc2)cc1. The number of nitrogens with zero attached hydrogens (tertiary/aromatic N) is 2. The van der Waals surface area contributed by atoms with Gasteiger partial charge in [0, 0.05) is 29.6 Å². The highest BCUT2D eigenvalue weighted by Gasteiger charge is 2.20. The molecule has 0 amide bonds. The summed E-state index contributed by atoms with van der Waals surface area (Å²) >= 11 is 0. The highest BCUT2D eigenvalue weighted by molar-refractivity contribution is 6.31. The second-order valence-corrected chi connectivity index (χ2v) is 6.83. The van der Waals surface area contributed by atoms with E-state index in [0.29, 0.717) is 12.0 Å². The maximum Gasteiger partial charge on any atom is 0.0974 e. The average Bonchev–Trinajstić information content (AvgIpc) is 2.65. The largest absolute Gasteiger partial charge is 0.328 e. The lowest BCUT2D eigenvalue weighted by Gasteiger charge is -2.25. The van der Waals surface area contributed by atoms with E-state index in [1.165, 1.54) is 5.56 Å². The predicted octanol–water partition coefficient (Wildman–Crippen LogP) is 3.65. The number of nitrogens with two attached hydrogens (primary N) is 2. The van der Waals surface area contributed by atoms with Crippen molar-refractivity contribution in [2.24, 2.45) is 22.6 Å². The molecule has 3 rings (SSSR count). The van der Waals surface area contributed by atoms with Crippen LogP contribution in [0.15, 0.2) is 60.0 Å². The van der Waals surface area contributed by atoms with Gasteiger partial charge in [-0.3, -0.25) is 4.98 Å². The van der Waals surface area contributed by atoms with E-state index in [2.05, 4.69) is 47.4 Å². The number of pyridine rings is 1. The second kappa shape index (κ2) is 8.08. The average molecular weight is 334 g/mol. The van der Waals surface area contributed by atoms with Gasteiger partial charge in [-0.05, 0) is 56.2 Å². The molecule has 4 N–H and O–H groups in total. The van der Waals surface area contributed by atoms with Gasteiger partial charge in [0.2, 0.25) is 0 Å². The lowest BCUT2D eigenvalue weighted by molar-refractivity contribution is 0.376. The zero-order valence-corrected chi connectivity index (χ0v) is 14.7. The molecule has 1 aliphatic rings. The van der Waals surface area contributed by atoms with E-state index in [9.17, 15) is 0 Å². The fourth-order valence-electron chi connectivity index (χ4n) is 3.40. The standard InChI is InChI=1S/C21H26N4/c1-15-2-6-18(7-3-15)21(25-23)20(17-10-12-24-13-11-17)14-16-4-8-19(22)9-5-16/h2-3,6-7,10-14,16,19H,4-5,8-9,22-23H2,1H3/b20-14+,25-21-. The van der Waals surface area contributed by atoms with Crippen molar-refractivity contribution in [1.82, 2.24) is 4.98 Å². The Bertz CT molecular complexity index is 739. The van der Waals surface area contributed by atoms with Crippen LogP contribution in [-0.4, -0.2) is 16.7 Å². The Morgan fingerprint density at radius 3 is 2.24 bits per heavy atom. The summed E-state index contributed by atoms with van der Waals surface area (Å²) in [7, 11) is 0. The number of hydrazone groups is 1. The van der Waals surface area contributed by atoms with Gasteiger partial charge in [-0.25, -0.2) is 0 Å². The van der Waals surface area contributed by atoms with Crippen LogP contribution in [0.5, 0.6) is 0 Å². The molecule has 0 radical (unpaired) electrons. The van der Waals surface area contributed by atoms with Gasteiger partial charge in [-0.1, -0.05) is 35.9 Å². The minimum atomic E-state index is 0.341. The van der Waals surface area contributed by atoms with Gasteiger partial charge in [0.05, 0.1) is 5.71 Å². The van der Waals surface area contributed by atoms with Crippen LogP contribution >= 0.6 is 0 Å². The quantitative estimate of drug-likeness (QED) is 0.509. The lowest BCUT2D eigenvalue weighted by Crippen LogP contribution is -2.26. The summed E-state index contributed by atoms with van der Waals surface area (Å²) in [5.41, 5.74) is 11.3. The number of aryl methyl sites for hydroxylation is 1. The van der Waals surface area contributed by atoms with E-state index in [1.54, 1.807) is 0 Å². The number of hydrogen-bond acceptors (Lipinski definition) is 4. The summed E-state index contributed by atoms with van der Waals surface area (Å²) in [6.45, 7) is 2.08. The minimum absolute atomic E-state index is 0.341. The molecule has 2 aromatic rings. The van der Waals surface area contributed by atoms with Crippen LogP contribution in [0.3, 0.4) is 0 Å². The Kier molecular flexibility index (Phi) is 5.61. The molecule has 1 aromatic heterocycles. The number of hydrogen-bond donors (Lipinski definition) is 2. The molecule has 130 valence electrons. The fraction of sp³-hybridized carbons (Fsp3) is 0.333. The zero-order valence-electron chi connectivity index (χ0n) is 14.7. The number of benzene rings is 1. The van der Waals surface area contributed by atoms with Crippen LogP contribution in [0.1, 0.15) is 42.4 Å². The van der Waals surface area contributed by atoms with E-state index in [4.69, 9.17) is 11.6 Å². The smallest absolute Gasteiger partial charge is 0.0974 e. The van der Waals surface area contributed by atoms with Gasteiger partial charge in [-0.2, -0.15) is 5.10 Å². The van der Waals surface area contributed by atoms with Crippen molar-refractivity contribution in [3.05, 3.63) is 71.6 Å². The first-order valence-electron chi connectivity index (χ1n) is 8.90. The summed E-state index contributed by atoms with van der Waals surface area (Å²) in [6.07, 6.45) is 10.3. The Morgan fingerprint density at radius 2 is 1.64 bits per heavy atom. The summed E-state index contributed by atoms with van der Waals surface area (Å²) in [5, 5.41) is 4.15. The fourth-order valence-corrected chi connectivity index (χ4v) is 3.40. The maximum absolute atomic E-state index is 6.06. The Morgan fingerprint density at radius 1 is 1.00 bits per heavy atom. The first-order chi connectivity index (χ1) is 12.2. The minimum Gasteiger partial charge on any atom is -0.328 e. The molecule has 1 heterocycles. The van der Waals surface area contributed by atoms with Gasteiger partial charge >= 0.3 is 0 Å². The summed E-state index contributed by atoms with van der Waals surface area (Å²) in [5.74, 6) is 6.32. The molecule has 1 aliphatic carbocycles. The number of aromatic nitrogens is 1. The van der Waals surface area contributed by atoms with E-state index in [-0.39, 0.29) is 0 Å². The molecule has 4 nitrogen and oxygen atoms in total. The predicted molar refractivity (Wildman–Crippen MR) is 104 cm³/mol. The van der Waals surface area contributed by atoms with Gasteiger partial charge < -0.3 is 11.6 Å². The van der Waals surface area contributed by atoms with Crippen LogP contribution in [0.2, 0.25) is 0 Å². The third-order valence-corrected chi connectivity index (χ3v) is 4.92. The molecular weight excluding hydrogens is 308 g/mol. The molecule has 0 aliphatic heterocycles. The maximum atomic E-state index is 6.06. The van der Waals surface area contributed by atoms with Crippen molar-refractivity contribution < 1.29 is 0 Å². The lowest BCUT2D eigenvalue weighted by atomic mass is 9.83. The molecule has 0 bridgehead atoms. The normalized spacial score (nSPS) is 22.0. The van der Waals surface area contributed by atoms with Crippen molar-refractivity contribution in [1.29, 1.82) is 0 Å². The van der Waals surface area contributed by atoms with Crippen LogP contribution in [0.4, 0.5) is 0 Å². The van der Waals surface area contributed by atoms with Crippen LogP contribution in [0.25, 0.3) is 5.57 Å². The van der Waals surface area contributed by atoms with Crippen molar-refractivity contribution in [2.75, 3.05) is 0 Å². The van der Waals surface area contributed by atoms with Crippen LogP contribution in [-0.2, 0) is 0 Å². The summed E-state index contributed by atoms with van der Waals surface area (Å²) < 4.78 is 0. The van der Waals surface area contributed by atoms with E-state index in [1.807, 2.05) is 24.5 Å². The van der Waals surface area contributed by atoms with E-state index in [0.717, 1.165) is 48.1 Å². The van der Waals surface area contributed by atoms with E-state index >= 15 is 0 Å². The van der Waals surface area contributed by atoms with Crippen LogP contribution in [0, 0.1) is 12.8 Å². The van der Waals surface area contributed by atoms with Crippen molar-refractivity contribution >= 4 is 11.3 Å².